The molecule has 0 radical (unpaired) electrons. The molecule has 3 aliphatic heterocycles. The summed E-state index contributed by atoms with van der Waals surface area (Å²) in [4.78, 5) is 37.4. The first-order chi connectivity index (χ1) is 14.5. The molecule has 9 nitrogen and oxygen atoms in total. The number of benzene rings is 1. The van der Waals surface area contributed by atoms with Crippen molar-refractivity contribution < 1.29 is 19.1 Å². The quantitative estimate of drug-likeness (QED) is 0.637. The number of hydrogen-bond donors (Lipinski definition) is 0. The fourth-order valence-corrected chi connectivity index (χ4v) is 4.08. The van der Waals surface area contributed by atoms with Gasteiger partial charge in [-0.25, -0.2) is 9.79 Å². The van der Waals surface area contributed by atoms with Crippen molar-refractivity contribution in [2.24, 2.45) is 4.99 Å². The molecule has 0 aliphatic carbocycles. The zero-order valence-corrected chi connectivity index (χ0v) is 17.7. The Kier molecular flexibility index (Phi) is 5.38. The number of hydrogen-bond acceptors (Lipinski definition) is 7. The molecule has 4 rings (SSSR count). The number of imide groups is 1. The number of anilines is 1. The van der Waals surface area contributed by atoms with Crippen molar-refractivity contribution in [3.8, 4) is 5.75 Å². The minimum atomic E-state index is -0.594. The van der Waals surface area contributed by atoms with E-state index in [1.54, 1.807) is 7.05 Å². The van der Waals surface area contributed by atoms with Gasteiger partial charge in [-0.3, -0.25) is 14.6 Å². The molecule has 0 bridgehead atoms. The van der Waals surface area contributed by atoms with Gasteiger partial charge in [-0.15, -0.1) is 0 Å². The van der Waals surface area contributed by atoms with E-state index in [2.05, 4.69) is 0 Å². The van der Waals surface area contributed by atoms with Crippen LogP contribution in [0.15, 0.2) is 41.2 Å². The summed E-state index contributed by atoms with van der Waals surface area (Å²) in [5.41, 5.74) is 1.77. The average molecular weight is 413 g/mol. The van der Waals surface area contributed by atoms with Gasteiger partial charge in [0, 0.05) is 25.6 Å². The van der Waals surface area contributed by atoms with Crippen molar-refractivity contribution >= 4 is 23.6 Å². The number of fused-ring (bicyclic) bond motifs is 3. The summed E-state index contributed by atoms with van der Waals surface area (Å²) in [6.45, 7) is 7.40. The number of guanidine groups is 1. The molecule has 160 valence electrons. The first kappa shape index (κ1) is 20.2. The Morgan fingerprint density at radius 3 is 2.63 bits per heavy atom. The first-order valence-corrected chi connectivity index (χ1v) is 10.2. The Morgan fingerprint density at radius 2 is 1.90 bits per heavy atom. The van der Waals surface area contributed by atoms with Gasteiger partial charge in [0.1, 0.15) is 5.75 Å². The molecule has 0 N–H and O–H groups in total. The van der Waals surface area contributed by atoms with Crippen LogP contribution in [-0.4, -0.2) is 78.2 Å². The molecule has 30 heavy (non-hydrogen) atoms. The minimum absolute atomic E-state index is 0.224. The van der Waals surface area contributed by atoms with Crippen LogP contribution in [0.2, 0.25) is 0 Å². The lowest BCUT2D eigenvalue weighted by atomic mass is 10.1. The van der Waals surface area contributed by atoms with Gasteiger partial charge >= 0.3 is 6.03 Å². The van der Waals surface area contributed by atoms with E-state index in [0.717, 1.165) is 17.1 Å². The molecule has 0 saturated carbocycles. The molecule has 1 aromatic carbocycles. The summed E-state index contributed by atoms with van der Waals surface area (Å²) < 4.78 is 11.2. The SMILES string of the molecule is CCOCCN1C(=O)C2C(N=C3N(c4ccccc4OCC)C(C)=CN32)N(C)C1=O. The van der Waals surface area contributed by atoms with Crippen molar-refractivity contribution in [1.29, 1.82) is 0 Å². The second-order valence-corrected chi connectivity index (χ2v) is 7.28. The topological polar surface area (TPSA) is 77.9 Å². The third kappa shape index (κ3) is 3.09. The van der Waals surface area contributed by atoms with E-state index in [1.165, 1.54) is 9.80 Å². The smallest absolute Gasteiger partial charge is 0.328 e. The van der Waals surface area contributed by atoms with E-state index in [1.807, 2.05) is 61.0 Å². The van der Waals surface area contributed by atoms with Gasteiger partial charge in [0.25, 0.3) is 5.91 Å². The van der Waals surface area contributed by atoms with Gasteiger partial charge in [-0.05, 0) is 32.9 Å². The van der Waals surface area contributed by atoms with Crippen molar-refractivity contribution in [3.63, 3.8) is 0 Å². The molecule has 1 saturated heterocycles. The van der Waals surface area contributed by atoms with Gasteiger partial charge in [0.15, 0.2) is 12.2 Å². The van der Waals surface area contributed by atoms with Crippen LogP contribution in [0.25, 0.3) is 0 Å². The second-order valence-electron chi connectivity index (χ2n) is 7.28. The van der Waals surface area contributed by atoms with Crippen LogP contribution in [0.5, 0.6) is 5.75 Å². The summed E-state index contributed by atoms with van der Waals surface area (Å²) in [5.74, 6) is 1.10. The maximum atomic E-state index is 13.3. The summed E-state index contributed by atoms with van der Waals surface area (Å²) in [6, 6.07) is 6.78. The number of amides is 3. The van der Waals surface area contributed by atoms with E-state index in [9.17, 15) is 9.59 Å². The average Bonchev–Trinajstić information content (AvgIpc) is 3.24. The van der Waals surface area contributed by atoms with Gasteiger partial charge in [0.2, 0.25) is 5.96 Å². The van der Waals surface area contributed by atoms with Gasteiger partial charge < -0.3 is 19.3 Å². The predicted octanol–water partition coefficient (Wildman–Crippen LogP) is 2.06. The maximum absolute atomic E-state index is 13.3. The Bertz CT molecular complexity index is 914. The zero-order chi connectivity index (χ0) is 21.4. The monoisotopic (exact) mass is 413 g/mol. The van der Waals surface area contributed by atoms with Crippen LogP contribution in [0.3, 0.4) is 0 Å². The molecule has 1 fully saturated rings. The van der Waals surface area contributed by atoms with E-state index in [-0.39, 0.29) is 18.5 Å². The van der Waals surface area contributed by atoms with Crippen LogP contribution >= 0.6 is 0 Å². The highest BCUT2D eigenvalue weighted by Gasteiger charge is 2.54. The summed E-state index contributed by atoms with van der Waals surface area (Å²) in [5, 5.41) is 0. The normalized spacial score (nSPS) is 22.9. The van der Waals surface area contributed by atoms with E-state index in [4.69, 9.17) is 14.5 Å². The van der Waals surface area contributed by atoms with Crippen LogP contribution in [0, 0.1) is 0 Å². The molecule has 2 unspecified atom stereocenters. The van der Waals surface area contributed by atoms with E-state index in [0.29, 0.717) is 25.8 Å². The molecule has 0 aromatic heterocycles. The highest BCUT2D eigenvalue weighted by atomic mass is 16.5. The number of ether oxygens (including phenoxy) is 2. The number of likely N-dealkylation sites (N-methyl/N-ethyl adjacent to an activating group) is 1. The van der Waals surface area contributed by atoms with Crippen LogP contribution in [-0.2, 0) is 9.53 Å². The number of carbonyl (C=O) groups excluding carboxylic acids is 2. The molecule has 3 heterocycles. The summed E-state index contributed by atoms with van der Waals surface area (Å²) in [7, 11) is 1.68. The minimum Gasteiger partial charge on any atom is -0.492 e. The summed E-state index contributed by atoms with van der Waals surface area (Å²) in [6.07, 6.45) is 1.34. The van der Waals surface area contributed by atoms with Crippen molar-refractivity contribution in [2.75, 3.05) is 38.3 Å². The van der Waals surface area contributed by atoms with Gasteiger partial charge in [-0.1, -0.05) is 12.1 Å². The number of urea groups is 1. The maximum Gasteiger partial charge on any atom is 0.328 e. The first-order valence-electron chi connectivity index (χ1n) is 10.2. The lowest BCUT2D eigenvalue weighted by molar-refractivity contribution is -0.137. The second kappa shape index (κ2) is 7.98. The van der Waals surface area contributed by atoms with E-state index < -0.39 is 12.2 Å². The highest BCUT2D eigenvalue weighted by Crippen LogP contribution is 2.39. The molecule has 1 aromatic rings. The van der Waals surface area contributed by atoms with Crippen LogP contribution < -0.4 is 9.64 Å². The molecule has 9 heteroatoms. The van der Waals surface area contributed by atoms with Crippen molar-refractivity contribution in [1.82, 2.24) is 14.7 Å². The Hall–Kier alpha value is -3.07. The number of rotatable bonds is 7. The Balaban J connectivity index is 1.66. The zero-order valence-electron chi connectivity index (χ0n) is 17.7. The van der Waals surface area contributed by atoms with Crippen molar-refractivity contribution in [3.05, 3.63) is 36.2 Å². The standard InChI is InChI=1S/C21H27N5O4/c1-5-29-12-11-24-19(27)17-18(23(4)21(24)28)22-20-25(17)13-14(3)26(20)15-9-7-8-10-16(15)30-6-2/h7-10,13,17-18H,5-6,11-12H2,1-4H3. The third-order valence-corrected chi connectivity index (χ3v) is 5.46. The predicted molar refractivity (Wildman–Crippen MR) is 112 cm³/mol. The fraction of sp³-hybridized carbons (Fsp3) is 0.476. The lowest BCUT2D eigenvalue weighted by Gasteiger charge is -2.40. The lowest BCUT2D eigenvalue weighted by Crippen LogP contribution is -2.64. The largest absolute Gasteiger partial charge is 0.492 e. The van der Waals surface area contributed by atoms with Gasteiger partial charge in [0.05, 0.1) is 25.4 Å². The number of allylic oxidation sites excluding steroid dienone is 1. The van der Waals surface area contributed by atoms with E-state index >= 15 is 0 Å². The molecule has 0 spiro atoms. The van der Waals surface area contributed by atoms with Crippen molar-refractivity contribution in [2.45, 2.75) is 33.0 Å². The number of aliphatic imine (C=N–C) groups is 1. The molecule has 3 aliphatic rings. The molecule has 2 atom stereocenters. The summed E-state index contributed by atoms with van der Waals surface area (Å²) >= 11 is 0. The van der Waals surface area contributed by atoms with Crippen LogP contribution in [0.1, 0.15) is 20.8 Å². The fourth-order valence-electron chi connectivity index (χ4n) is 4.08. The van der Waals surface area contributed by atoms with Crippen LogP contribution in [0.4, 0.5) is 10.5 Å². The highest BCUT2D eigenvalue weighted by molar-refractivity contribution is 6.10. The Morgan fingerprint density at radius 1 is 1.13 bits per heavy atom. The molecular weight excluding hydrogens is 386 g/mol. The Labute approximate surface area is 176 Å². The molecular formula is C21H27N5O4. The molecule has 3 amide bonds. The van der Waals surface area contributed by atoms with Gasteiger partial charge in [-0.2, -0.15) is 0 Å². The number of nitrogens with zero attached hydrogens (tertiary/aromatic N) is 5. The number of para-hydroxylation sites is 2. The third-order valence-electron chi connectivity index (χ3n) is 5.46. The number of carbonyl (C=O) groups is 2.